The van der Waals surface area contributed by atoms with Crippen molar-refractivity contribution in [2.75, 3.05) is 4.90 Å². The Morgan fingerprint density at radius 3 is 1.70 bits per heavy atom. The Morgan fingerprint density at radius 1 is 0.530 bits per heavy atom. The zero-order valence-electron chi connectivity index (χ0n) is 53.9. The molecule has 0 saturated heterocycles. The summed E-state index contributed by atoms with van der Waals surface area (Å²) in [6.07, 6.45) is 1.97. The van der Waals surface area contributed by atoms with Gasteiger partial charge < -0.3 is 9.64 Å². The first-order chi connectivity index (χ1) is 38.7. The van der Waals surface area contributed by atoms with Crippen LogP contribution in [0, 0.1) is 34.6 Å². The van der Waals surface area contributed by atoms with Crippen molar-refractivity contribution in [3.8, 4) is 39.4 Å². The van der Waals surface area contributed by atoms with Gasteiger partial charge in [-0.05, 0) is 208 Å². The van der Waals surface area contributed by atoms with E-state index in [0.29, 0.717) is 0 Å². The van der Waals surface area contributed by atoms with Gasteiger partial charge in [0.2, 0.25) is 0 Å². The largest absolute Gasteiger partial charge is 0.457 e. The smallest absolute Gasteiger partial charge is 0.145 e. The van der Waals surface area contributed by atoms with Crippen molar-refractivity contribution in [3.05, 3.63) is 205 Å². The van der Waals surface area contributed by atoms with Crippen LogP contribution in [0.4, 0.5) is 5.69 Å². The molecule has 2 aliphatic heterocycles. The van der Waals surface area contributed by atoms with Gasteiger partial charge in [-0.15, -0.1) is 0 Å². The number of benzene rings is 7. The highest BCUT2D eigenvalue weighted by molar-refractivity contribution is 6.16. The van der Waals surface area contributed by atoms with E-state index in [-0.39, 0.29) is 33.5 Å². The summed E-state index contributed by atoms with van der Waals surface area (Å²) in [7, 11) is 0. The lowest BCUT2D eigenvalue weighted by Crippen LogP contribution is -2.55. The number of ether oxygens (including phenoxy) is 1. The van der Waals surface area contributed by atoms with Gasteiger partial charge in [0, 0.05) is 34.0 Å². The average Bonchev–Trinajstić information content (AvgIpc) is 1.66. The Labute approximate surface area is 496 Å². The molecule has 0 amide bonds. The van der Waals surface area contributed by atoms with Crippen LogP contribution < -0.4 is 9.64 Å². The first kappa shape index (κ1) is 56.3. The van der Waals surface area contributed by atoms with Crippen molar-refractivity contribution in [2.45, 2.75) is 197 Å². The van der Waals surface area contributed by atoms with Gasteiger partial charge in [-0.2, -0.15) is 0 Å². The summed E-state index contributed by atoms with van der Waals surface area (Å²) in [5.41, 5.74) is 26.3. The number of aromatic nitrogens is 2. The third kappa shape index (κ3) is 8.42. The number of amidine groups is 1. The van der Waals surface area contributed by atoms with Crippen LogP contribution in [0.2, 0.25) is 0 Å². The monoisotopic (exact) mass is 1100 g/mol. The fourth-order valence-corrected chi connectivity index (χ4v) is 14.8. The van der Waals surface area contributed by atoms with Crippen molar-refractivity contribution < 1.29 is 4.74 Å². The number of anilines is 1. The Kier molecular flexibility index (Phi) is 12.6. The normalized spacial score (nSPS) is 18.2. The van der Waals surface area contributed by atoms with Gasteiger partial charge in [0.05, 0.1) is 22.4 Å². The van der Waals surface area contributed by atoms with Crippen LogP contribution in [0.15, 0.2) is 126 Å². The number of rotatable bonds is 7. The SMILES string of the molecule is Cc1cc(C)c(-c2cc(Oc3cc4c(cc3C)C(C)(C)c3cc(C(C)(C)C)cc5c6c(C)ccnc6n-4c35)cc(C3=N[C@]4(C)c5ccc(C(C)(C)C)cc5-c5cc(C(C)(C)C)ccc5[C@]4(C)N3c3c(C(C)C)cccc3C(C)C)c2)c(C)c1. The third-order valence-electron chi connectivity index (χ3n) is 19.7. The number of fused-ring (bicyclic) bond motifs is 11. The van der Waals surface area contributed by atoms with E-state index in [4.69, 9.17) is 14.7 Å². The molecule has 0 unspecified atom stereocenters. The maximum atomic E-state index is 7.60. The molecular formula is C78H88N4O. The zero-order chi connectivity index (χ0) is 59.7. The molecule has 4 heterocycles. The van der Waals surface area contributed by atoms with Gasteiger partial charge in [0.15, 0.2) is 0 Å². The summed E-state index contributed by atoms with van der Waals surface area (Å²) in [6, 6.07) is 45.0. The van der Waals surface area contributed by atoms with Crippen LogP contribution in [-0.4, -0.2) is 15.4 Å². The molecular weight excluding hydrogens is 1010 g/mol. The van der Waals surface area contributed by atoms with E-state index in [1.807, 2.05) is 6.20 Å². The molecule has 0 saturated carbocycles. The number of para-hydroxylation sites is 1. The summed E-state index contributed by atoms with van der Waals surface area (Å²) >= 11 is 0. The van der Waals surface area contributed by atoms with Crippen molar-refractivity contribution in [1.29, 1.82) is 0 Å². The summed E-state index contributed by atoms with van der Waals surface area (Å²) in [5, 5.41) is 2.47. The van der Waals surface area contributed by atoms with E-state index in [1.165, 1.54) is 111 Å². The summed E-state index contributed by atoms with van der Waals surface area (Å²) in [5.74, 6) is 2.99. The van der Waals surface area contributed by atoms with E-state index in [2.05, 4.69) is 277 Å². The zero-order valence-corrected chi connectivity index (χ0v) is 53.9. The molecule has 5 nitrogen and oxygen atoms in total. The van der Waals surface area contributed by atoms with Gasteiger partial charge in [0.25, 0.3) is 0 Å². The molecule has 7 aromatic carbocycles. The lowest BCUT2D eigenvalue weighted by molar-refractivity contribution is 0.292. The van der Waals surface area contributed by atoms with Crippen molar-refractivity contribution >= 4 is 33.5 Å². The highest BCUT2D eigenvalue weighted by Gasteiger charge is 2.62. The molecule has 5 heteroatoms. The molecule has 1 aliphatic carbocycles. The van der Waals surface area contributed by atoms with Gasteiger partial charge in [-0.1, -0.05) is 182 Å². The van der Waals surface area contributed by atoms with Gasteiger partial charge in [-0.25, -0.2) is 4.98 Å². The second-order valence-electron chi connectivity index (χ2n) is 29.7. The van der Waals surface area contributed by atoms with Crippen LogP contribution in [-0.2, 0) is 32.7 Å². The second kappa shape index (κ2) is 18.6. The lowest BCUT2D eigenvalue weighted by Gasteiger charge is -2.51. The van der Waals surface area contributed by atoms with E-state index < -0.39 is 11.1 Å². The minimum Gasteiger partial charge on any atom is -0.457 e. The second-order valence-corrected chi connectivity index (χ2v) is 29.7. The number of pyridine rings is 1. The number of hydrogen-bond acceptors (Lipinski definition) is 4. The Morgan fingerprint density at radius 2 is 1.11 bits per heavy atom. The molecule has 9 aromatic rings. The van der Waals surface area contributed by atoms with Crippen LogP contribution >= 0.6 is 0 Å². The Balaban J connectivity index is 1.15. The van der Waals surface area contributed by atoms with Crippen LogP contribution in [0.5, 0.6) is 11.5 Å². The fourth-order valence-electron chi connectivity index (χ4n) is 14.8. The number of aliphatic imine (C=N–C) groups is 1. The quantitative estimate of drug-likeness (QED) is 0.160. The summed E-state index contributed by atoms with van der Waals surface area (Å²) in [4.78, 5) is 14.2. The first-order valence-corrected chi connectivity index (χ1v) is 30.6. The van der Waals surface area contributed by atoms with Crippen LogP contribution in [0.3, 0.4) is 0 Å². The van der Waals surface area contributed by atoms with Crippen molar-refractivity contribution in [3.63, 3.8) is 0 Å². The summed E-state index contributed by atoms with van der Waals surface area (Å²) < 4.78 is 10.0. The predicted octanol–water partition coefficient (Wildman–Crippen LogP) is 21.0. The lowest BCUT2D eigenvalue weighted by atomic mass is 9.62. The molecule has 3 aliphatic rings. The molecule has 2 aromatic heterocycles. The van der Waals surface area contributed by atoms with Crippen LogP contribution in [0.1, 0.15) is 213 Å². The minimum absolute atomic E-state index is 0.0351. The Hall–Kier alpha value is -7.24. The van der Waals surface area contributed by atoms with E-state index in [1.54, 1.807) is 0 Å². The number of aryl methyl sites for hydroxylation is 5. The minimum atomic E-state index is -0.738. The highest BCUT2D eigenvalue weighted by atomic mass is 16.5. The highest BCUT2D eigenvalue weighted by Crippen LogP contribution is 2.63. The van der Waals surface area contributed by atoms with Gasteiger partial charge >= 0.3 is 0 Å². The van der Waals surface area contributed by atoms with E-state index >= 15 is 0 Å². The molecule has 0 bridgehead atoms. The fraction of sp³-hybridized carbons (Fsp3) is 0.385. The molecule has 2 atom stereocenters. The summed E-state index contributed by atoms with van der Waals surface area (Å²) in [6.45, 7) is 51.2. The standard InChI is InChI=1S/C78H88N4O/c1-43(2)56-24-23-25-57(44(3)4)69(56)82-71(80-77(21)61-28-26-52(73(10,11)12)38-58(61)59-39-53(74(13,14)15)27-29-62(59)78(77,82)22)51-35-50(67-48(8)32-45(5)33-49(67)9)36-55(37-51)83-66-42-65-63(34-47(66)7)76(19,20)64-41-54(75(16,17)18)40-60-68-46(6)30-31-79-72(68)81(65)70(60)64/h23-44H,1-22H3/t77-,78+/m1/s1. The first-order valence-electron chi connectivity index (χ1n) is 30.6. The van der Waals surface area contributed by atoms with Crippen molar-refractivity contribution in [2.24, 2.45) is 4.99 Å². The molecule has 426 valence electrons. The van der Waals surface area contributed by atoms with E-state index in [0.717, 1.165) is 45.4 Å². The molecule has 0 radical (unpaired) electrons. The maximum Gasteiger partial charge on any atom is 0.145 e. The number of hydrogen-bond donors (Lipinski definition) is 0. The maximum absolute atomic E-state index is 7.60. The molecule has 83 heavy (non-hydrogen) atoms. The Bertz CT molecular complexity index is 4200. The molecule has 0 N–H and O–H groups in total. The van der Waals surface area contributed by atoms with Crippen molar-refractivity contribution in [1.82, 2.24) is 9.55 Å². The molecule has 0 fully saturated rings. The topological polar surface area (TPSA) is 42.6 Å². The average molecular weight is 1100 g/mol. The van der Waals surface area contributed by atoms with E-state index in [9.17, 15) is 0 Å². The molecule has 0 spiro atoms. The third-order valence-corrected chi connectivity index (χ3v) is 19.7. The molecule has 12 rings (SSSR count). The van der Waals surface area contributed by atoms with Crippen LogP contribution in [0.25, 0.3) is 49.9 Å². The predicted molar refractivity (Wildman–Crippen MR) is 353 cm³/mol. The van der Waals surface area contributed by atoms with Gasteiger partial charge in [0.1, 0.15) is 28.5 Å². The number of nitrogens with zero attached hydrogens (tertiary/aromatic N) is 4. The van der Waals surface area contributed by atoms with Gasteiger partial charge in [-0.3, -0.25) is 9.56 Å².